The zero-order valence-electron chi connectivity index (χ0n) is 17.3. The Labute approximate surface area is 171 Å². The van der Waals surface area contributed by atoms with Crippen LogP contribution in [0, 0.1) is 6.92 Å². The van der Waals surface area contributed by atoms with Crippen LogP contribution in [0.1, 0.15) is 46.0 Å². The highest BCUT2D eigenvalue weighted by molar-refractivity contribution is 6.15. The standard InChI is InChI=1S/C24H27NO4/c1-4-17-6-8-18(9-7-17)12-21-22(26)20-13-19-14-25(10-5-11-27-3)15-28-23(19)16(2)24(20)29-21/h6-9,12-13H,4-5,10-11,14-15H2,1-3H3/b21-12-. The van der Waals surface area contributed by atoms with Crippen LogP contribution in [0.5, 0.6) is 11.5 Å². The van der Waals surface area contributed by atoms with Gasteiger partial charge in [0.2, 0.25) is 5.78 Å². The molecule has 2 aromatic carbocycles. The number of carbonyl (C=O) groups is 1. The monoisotopic (exact) mass is 393 g/mol. The Balaban J connectivity index is 1.58. The van der Waals surface area contributed by atoms with Gasteiger partial charge in [0.15, 0.2) is 5.76 Å². The third kappa shape index (κ3) is 3.93. The van der Waals surface area contributed by atoms with Crippen LogP contribution < -0.4 is 9.47 Å². The van der Waals surface area contributed by atoms with Gasteiger partial charge in [-0.3, -0.25) is 9.69 Å². The van der Waals surface area contributed by atoms with Gasteiger partial charge in [0, 0.05) is 37.9 Å². The van der Waals surface area contributed by atoms with Gasteiger partial charge in [0.05, 0.1) is 5.56 Å². The third-order valence-corrected chi connectivity index (χ3v) is 5.51. The van der Waals surface area contributed by atoms with Gasteiger partial charge in [0.25, 0.3) is 0 Å². The third-order valence-electron chi connectivity index (χ3n) is 5.51. The van der Waals surface area contributed by atoms with Crippen molar-refractivity contribution in [3.8, 4) is 11.5 Å². The number of hydrogen-bond acceptors (Lipinski definition) is 5. The number of hydrogen-bond donors (Lipinski definition) is 0. The van der Waals surface area contributed by atoms with Crippen molar-refractivity contribution in [3.05, 3.63) is 63.9 Å². The van der Waals surface area contributed by atoms with Crippen molar-refractivity contribution in [1.82, 2.24) is 4.90 Å². The average Bonchev–Trinajstić information content (AvgIpc) is 3.05. The van der Waals surface area contributed by atoms with Crippen molar-refractivity contribution in [2.45, 2.75) is 33.2 Å². The fraction of sp³-hybridized carbons (Fsp3) is 0.375. The van der Waals surface area contributed by atoms with Crippen molar-refractivity contribution in [2.75, 3.05) is 27.0 Å². The molecule has 0 atom stereocenters. The first kappa shape index (κ1) is 19.7. The summed E-state index contributed by atoms with van der Waals surface area (Å²) in [6, 6.07) is 10.1. The fourth-order valence-corrected chi connectivity index (χ4v) is 3.87. The quantitative estimate of drug-likeness (QED) is 0.539. The first-order chi connectivity index (χ1) is 14.1. The second-order valence-electron chi connectivity index (χ2n) is 7.57. The molecule has 0 aromatic heterocycles. The Bertz CT molecular complexity index is 946. The molecule has 0 radical (unpaired) electrons. The van der Waals surface area contributed by atoms with E-state index in [1.165, 1.54) is 5.56 Å². The summed E-state index contributed by atoms with van der Waals surface area (Å²) in [5, 5.41) is 0. The van der Waals surface area contributed by atoms with E-state index < -0.39 is 0 Å². The molecule has 29 heavy (non-hydrogen) atoms. The van der Waals surface area contributed by atoms with Crippen LogP contribution in [0.15, 0.2) is 36.1 Å². The molecular weight excluding hydrogens is 366 g/mol. The Hall–Kier alpha value is -2.63. The van der Waals surface area contributed by atoms with Crippen LogP contribution >= 0.6 is 0 Å². The summed E-state index contributed by atoms with van der Waals surface area (Å²) in [5.74, 6) is 1.76. The van der Waals surface area contributed by atoms with E-state index in [1.54, 1.807) is 7.11 Å². The predicted molar refractivity (Wildman–Crippen MR) is 112 cm³/mol. The molecule has 0 bridgehead atoms. The number of carbonyl (C=O) groups excluding carboxylic acids is 1. The van der Waals surface area contributed by atoms with Crippen molar-refractivity contribution < 1.29 is 19.0 Å². The summed E-state index contributed by atoms with van der Waals surface area (Å²) in [7, 11) is 1.71. The van der Waals surface area contributed by atoms with Crippen LogP contribution in [0.2, 0.25) is 0 Å². The van der Waals surface area contributed by atoms with Crippen LogP contribution in [0.4, 0.5) is 0 Å². The molecule has 0 amide bonds. The second kappa shape index (κ2) is 8.39. The number of ketones is 1. The maximum Gasteiger partial charge on any atom is 0.231 e. The van der Waals surface area contributed by atoms with E-state index in [-0.39, 0.29) is 5.78 Å². The maximum absolute atomic E-state index is 13.0. The SMILES string of the molecule is CCc1ccc(/C=C2\Oc3c(cc4c(c3C)OCN(CCCOC)C4)C2=O)cc1. The lowest BCUT2D eigenvalue weighted by Crippen LogP contribution is -2.33. The molecule has 2 aromatic rings. The number of allylic oxidation sites excluding steroid dienone is 1. The summed E-state index contributed by atoms with van der Waals surface area (Å²) >= 11 is 0. The molecular formula is C24H27NO4. The van der Waals surface area contributed by atoms with E-state index in [9.17, 15) is 4.79 Å². The van der Waals surface area contributed by atoms with Crippen LogP contribution in [0.3, 0.4) is 0 Å². The van der Waals surface area contributed by atoms with Crippen LogP contribution in [0.25, 0.3) is 6.08 Å². The Morgan fingerprint density at radius 3 is 2.72 bits per heavy atom. The summed E-state index contributed by atoms with van der Waals surface area (Å²) in [5.41, 5.74) is 4.79. The molecule has 2 heterocycles. The highest BCUT2D eigenvalue weighted by Crippen LogP contribution is 2.43. The van der Waals surface area contributed by atoms with Gasteiger partial charge >= 0.3 is 0 Å². The zero-order chi connectivity index (χ0) is 20.4. The summed E-state index contributed by atoms with van der Waals surface area (Å²) in [6.07, 6.45) is 3.76. The number of rotatable bonds is 6. The lowest BCUT2D eigenvalue weighted by molar-refractivity contribution is 0.0826. The maximum atomic E-state index is 13.0. The van der Waals surface area contributed by atoms with Crippen molar-refractivity contribution in [1.29, 1.82) is 0 Å². The highest BCUT2D eigenvalue weighted by atomic mass is 16.5. The van der Waals surface area contributed by atoms with Gasteiger partial charge in [0.1, 0.15) is 18.2 Å². The van der Waals surface area contributed by atoms with E-state index in [0.717, 1.165) is 55.0 Å². The van der Waals surface area contributed by atoms with Gasteiger partial charge in [-0.2, -0.15) is 0 Å². The molecule has 0 N–H and O–H groups in total. The molecule has 0 saturated carbocycles. The van der Waals surface area contributed by atoms with E-state index in [1.807, 2.05) is 31.2 Å². The van der Waals surface area contributed by atoms with Crippen molar-refractivity contribution >= 4 is 11.9 Å². The number of nitrogens with zero attached hydrogens (tertiary/aromatic N) is 1. The summed E-state index contributed by atoms with van der Waals surface area (Å²) in [4.78, 5) is 15.2. The molecule has 2 aliphatic rings. The van der Waals surface area contributed by atoms with Gasteiger partial charge < -0.3 is 14.2 Å². The molecule has 152 valence electrons. The largest absolute Gasteiger partial charge is 0.477 e. The zero-order valence-corrected chi connectivity index (χ0v) is 17.3. The van der Waals surface area contributed by atoms with Gasteiger partial charge in [-0.1, -0.05) is 31.2 Å². The average molecular weight is 393 g/mol. The van der Waals surface area contributed by atoms with E-state index in [0.29, 0.717) is 23.8 Å². The number of Topliss-reactive ketones (excluding diaryl/α,β-unsaturated/α-hetero) is 1. The second-order valence-corrected chi connectivity index (χ2v) is 7.57. The number of benzene rings is 2. The Kier molecular flexibility index (Phi) is 5.69. The fourth-order valence-electron chi connectivity index (χ4n) is 3.87. The highest BCUT2D eigenvalue weighted by Gasteiger charge is 2.33. The first-order valence-electron chi connectivity index (χ1n) is 10.1. The molecule has 5 heteroatoms. The molecule has 0 saturated heterocycles. The summed E-state index contributed by atoms with van der Waals surface area (Å²) < 4.78 is 17.1. The molecule has 5 nitrogen and oxygen atoms in total. The minimum atomic E-state index is -0.0676. The van der Waals surface area contributed by atoms with Crippen molar-refractivity contribution in [2.24, 2.45) is 0 Å². The lowest BCUT2D eigenvalue weighted by Gasteiger charge is -2.30. The topological polar surface area (TPSA) is 48.0 Å². The van der Waals surface area contributed by atoms with E-state index >= 15 is 0 Å². The first-order valence-corrected chi connectivity index (χ1v) is 10.1. The smallest absolute Gasteiger partial charge is 0.231 e. The Morgan fingerprint density at radius 2 is 2.00 bits per heavy atom. The molecule has 4 rings (SSSR count). The summed E-state index contributed by atoms with van der Waals surface area (Å²) in [6.45, 7) is 7.01. The lowest BCUT2D eigenvalue weighted by atomic mass is 10.00. The molecule has 0 fully saturated rings. The normalized spacial score (nSPS) is 17.1. The molecule has 2 aliphatic heterocycles. The van der Waals surface area contributed by atoms with E-state index in [2.05, 4.69) is 24.0 Å². The molecule has 0 spiro atoms. The van der Waals surface area contributed by atoms with Crippen LogP contribution in [-0.4, -0.2) is 37.7 Å². The number of aryl methyl sites for hydroxylation is 1. The van der Waals surface area contributed by atoms with Gasteiger partial charge in [-0.05, 0) is 43.0 Å². The van der Waals surface area contributed by atoms with Gasteiger partial charge in [-0.15, -0.1) is 0 Å². The predicted octanol–water partition coefficient (Wildman–Crippen LogP) is 4.36. The number of methoxy groups -OCH3 is 1. The van der Waals surface area contributed by atoms with E-state index in [4.69, 9.17) is 14.2 Å². The van der Waals surface area contributed by atoms with Crippen molar-refractivity contribution in [3.63, 3.8) is 0 Å². The Morgan fingerprint density at radius 1 is 1.21 bits per heavy atom. The number of ether oxygens (including phenoxy) is 3. The molecule has 0 unspecified atom stereocenters. The molecule has 0 aliphatic carbocycles. The van der Waals surface area contributed by atoms with Crippen LogP contribution in [-0.2, 0) is 17.7 Å². The van der Waals surface area contributed by atoms with Gasteiger partial charge in [-0.25, -0.2) is 0 Å². The minimum absolute atomic E-state index is 0.0676. The minimum Gasteiger partial charge on any atom is -0.477 e. The number of fused-ring (bicyclic) bond motifs is 2.